The molecule has 4 nitrogen and oxygen atoms in total. The van der Waals surface area contributed by atoms with E-state index in [0.29, 0.717) is 11.6 Å². The number of aryl methyl sites for hydroxylation is 1. The molecule has 1 fully saturated rings. The van der Waals surface area contributed by atoms with Crippen LogP contribution in [0.1, 0.15) is 12.0 Å². The van der Waals surface area contributed by atoms with E-state index >= 15 is 0 Å². The molecule has 23 heavy (non-hydrogen) atoms. The number of nitrogens with zero attached hydrogens (tertiary/aromatic N) is 1. The monoisotopic (exact) mass is 328 g/mol. The van der Waals surface area contributed by atoms with Crippen molar-refractivity contribution in [2.45, 2.75) is 13.3 Å². The van der Waals surface area contributed by atoms with Gasteiger partial charge in [0.2, 0.25) is 11.8 Å². The number of halogens is 1. The highest BCUT2D eigenvalue weighted by Gasteiger charge is 2.35. The summed E-state index contributed by atoms with van der Waals surface area (Å²) in [7, 11) is 0. The molecule has 3 rings (SSSR count). The standard InChI is InChI=1S/C18H17ClN2O2/c1-12-3-2-4-15(9-12)20-18(23)13-10-17(22)21(11-13)16-7-5-14(19)6-8-16/h2-9,13H,10-11H2,1H3,(H,20,23). The van der Waals surface area contributed by atoms with Crippen LogP contribution in [0.2, 0.25) is 5.02 Å². The minimum absolute atomic E-state index is 0.0447. The van der Waals surface area contributed by atoms with Crippen molar-refractivity contribution in [3.63, 3.8) is 0 Å². The van der Waals surface area contributed by atoms with E-state index in [4.69, 9.17) is 11.6 Å². The van der Waals surface area contributed by atoms with E-state index in [0.717, 1.165) is 16.9 Å². The first-order valence-electron chi connectivity index (χ1n) is 7.46. The lowest BCUT2D eigenvalue weighted by atomic mass is 10.1. The normalized spacial score (nSPS) is 17.4. The van der Waals surface area contributed by atoms with Gasteiger partial charge in [0.05, 0.1) is 5.92 Å². The van der Waals surface area contributed by atoms with E-state index in [2.05, 4.69) is 5.32 Å². The van der Waals surface area contributed by atoms with Crippen LogP contribution in [0.3, 0.4) is 0 Å². The highest BCUT2D eigenvalue weighted by Crippen LogP contribution is 2.27. The van der Waals surface area contributed by atoms with Crippen molar-refractivity contribution in [3.8, 4) is 0 Å². The number of rotatable bonds is 3. The highest BCUT2D eigenvalue weighted by atomic mass is 35.5. The maximum Gasteiger partial charge on any atom is 0.229 e. The van der Waals surface area contributed by atoms with E-state index in [1.165, 1.54) is 0 Å². The Bertz CT molecular complexity index is 743. The third-order valence-corrected chi connectivity index (χ3v) is 4.17. The second kappa shape index (κ2) is 6.42. The molecule has 1 heterocycles. The van der Waals surface area contributed by atoms with Gasteiger partial charge in [-0.05, 0) is 48.9 Å². The molecule has 0 radical (unpaired) electrons. The van der Waals surface area contributed by atoms with Crippen molar-refractivity contribution in [1.29, 1.82) is 0 Å². The van der Waals surface area contributed by atoms with Crippen molar-refractivity contribution < 1.29 is 9.59 Å². The molecule has 1 atom stereocenters. The number of amides is 2. The van der Waals surface area contributed by atoms with Gasteiger partial charge in [-0.3, -0.25) is 9.59 Å². The SMILES string of the molecule is Cc1cccc(NC(=O)C2CC(=O)N(c3ccc(Cl)cc3)C2)c1. The molecule has 2 amide bonds. The number of hydrogen-bond donors (Lipinski definition) is 1. The largest absolute Gasteiger partial charge is 0.326 e. The molecule has 0 spiro atoms. The zero-order valence-corrected chi connectivity index (χ0v) is 13.5. The van der Waals surface area contributed by atoms with Crippen LogP contribution in [0.4, 0.5) is 11.4 Å². The molecule has 1 unspecified atom stereocenters. The number of anilines is 2. The van der Waals surface area contributed by atoms with Gasteiger partial charge in [-0.2, -0.15) is 0 Å². The first-order valence-corrected chi connectivity index (χ1v) is 7.84. The van der Waals surface area contributed by atoms with E-state index in [-0.39, 0.29) is 24.2 Å². The van der Waals surface area contributed by atoms with Crippen LogP contribution in [0.25, 0.3) is 0 Å². The molecule has 2 aromatic rings. The minimum atomic E-state index is -0.348. The molecular weight excluding hydrogens is 312 g/mol. The first-order chi connectivity index (χ1) is 11.0. The van der Waals surface area contributed by atoms with Crippen LogP contribution in [0.15, 0.2) is 48.5 Å². The molecule has 118 valence electrons. The van der Waals surface area contributed by atoms with Crippen molar-refractivity contribution in [2.75, 3.05) is 16.8 Å². The van der Waals surface area contributed by atoms with Gasteiger partial charge in [0, 0.05) is 29.4 Å². The molecule has 0 aromatic heterocycles. The zero-order chi connectivity index (χ0) is 16.4. The topological polar surface area (TPSA) is 49.4 Å². The molecule has 1 aliphatic heterocycles. The predicted molar refractivity (Wildman–Crippen MR) is 91.7 cm³/mol. The molecule has 1 N–H and O–H groups in total. The second-order valence-corrected chi connectivity index (χ2v) is 6.18. The Balaban J connectivity index is 1.69. The van der Waals surface area contributed by atoms with Gasteiger partial charge in [-0.1, -0.05) is 23.7 Å². The summed E-state index contributed by atoms with van der Waals surface area (Å²) in [6, 6.07) is 14.7. The van der Waals surface area contributed by atoms with Crippen LogP contribution in [0, 0.1) is 12.8 Å². The zero-order valence-electron chi connectivity index (χ0n) is 12.8. The second-order valence-electron chi connectivity index (χ2n) is 5.74. The highest BCUT2D eigenvalue weighted by molar-refractivity contribution is 6.30. The summed E-state index contributed by atoms with van der Waals surface area (Å²) in [4.78, 5) is 26.2. The summed E-state index contributed by atoms with van der Waals surface area (Å²) in [6.07, 6.45) is 0.222. The lowest BCUT2D eigenvalue weighted by Gasteiger charge is -2.16. The molecule has 5 heteroatoms. The Hall–Kier alpha value is -2.33. The van der Waals surface area contributed by atoms with Crippen LogP contribution >= 0.6 is 11.6 Å². The van der Waals surface area contributed by atoms with Gasteiger partial charge >= 0.3 is 0 Å². The van der Waals surface area contributed by atoms with Crippen molar-refractivity contribution in [1.82, 2.24) is 0 Å². The van der Waals surface area contributed by atoms with Gasteiger partial charge in [0.25, 0.3) is 0 Å². The summed E-state index contributed by atoms with van der Waals surface area (Å²) >= 11 is 5.87. The van der Waals surface area contributed by atoms with Crippen LogP contribution < -0.4 is 10.2 Å². The molecule has 1 aliphatic rings. The summed E-state index contributed by atoms with van der Waals surface area (Å²) in [5.74, 6) is -0.518. The fourth-order valence-corrected chi connectivity index (χ4v) is 2.85. The summed E-state index contributed by atoms with van der Waals surface area (Å²) in [5.41, 5.74) is 2.60. The molecule has 0 saturated carbocycles. The fourth-order valence-electron chi connectivity index (χ4n) is 2.72. The third kappa shape index (κ3) is 3.54. The smallest absolute Gasteiger partial charge is 0.229 e. The molecule has 2 aromatic carbocycles. The Kier molecular flexibility index (Phi) is 4.35. The Morgan fingerprint density at radius 1 is 1.22 bits per heavy atom. The molecule has 0 aliphatic carbocycles. The van der Waals surface area contributed by atoms with Crippen molar-refractivity contribution in [2.24, 2.45) is 5.92 Å². The maximum atomic E-state index is 12.4. The molecule has 1 saturated heterocycles. The lowest BCUT2D eigenvalue weighted by molar-refractivity contribution is -0.122. The third-order valence-electron chi connectivity index (χ3n) is 3.92. The molecule has 0 bridgehead atoms. The van der Waals surface area contributed by atoms with E-state index in [9.17, 15) is 9.59 Å². The van der Waals surface area contributed by atoms with Crippen LogP contribution in [-0.2, 0) is 9.59 Å². The average Bonchev–Trinajstić information content (AvgIpc) is 2.90. The number of nitrogens with one attached hydrogen (secondary N) is 1. The minimum Gasteiger partial charge on any atom is -0.326 e. The van der Waals surface area contributed by atoms with Gasteiger partial charge in [-0.15, -0.1) is 0 Å². The van der Waals surface area contributed by atoms with Crippen LogP contribution in [0.5, 0.6) is 0 Å². The quantitative estimate of drug-likeness (QED) is 0.935. The molecular formula is C18H17ClN2O2. The van der Waals surface area contributed by atoms with E-state index in [1.807, 2.05) is 31.2 Å². The Morgan fingerprint density at radius 3 is 2.65 bits per heavy atom. The first kappa shape index (κ1) is 15.6. The van der Waals surface area contributed by atoms with Gasteiger partial charge < -0.3 is 10.2 Å². The van der Waals surface area contributed by atoms with Crippen LogP contribution in [-0.4, -0.2) is 18.4 Å². The van der Waals surface area contributed by atoms with E-state index in [1.54, 1.807) is 29.2 Å². The van der Waals surface area contributed by atoms with E-state index < -0.39 is 0 Å². The van der Waals surface area contributed by atoms with Gasteiger partial charge in [-0.25, -0.2) is 0 Å². The average molecular weight is 329 g/mol. The fraction of sp³-hybridized carbons (Fsp3) is 0.222. The predicted octanol–water partition coefficient (Wildman–Crippen LogP) is 3.64. The van der Waals surface area contributed by atoms with Gasteiger partial charge in [0.15, 0.2) is 0 Å². The number of benzene rings is 2. The summed E-state index contributed by atoms with van der Waals surface area (Å²) in [6.45, 7) is 2.36. The Labute approximate surface area is 140 Å². The van der Waals surface area contributed by atoms with Gasteiger partial charge in [0.1, 0.15) is 0 Å². The Morgan fingerprint density at radius 2 is 1.96 bits per heavy atom. The number of carbonyl (C=O) groups is 2. The maximum absolute atomic E-state index is 12.4. The number of hydrogen-bond acceptors (Lipinski definition) is 2. The van der Waals surface area contributed by atoms with Crippen molar-refractivity contribution >= 4 is 34.8 Å². The lowest BCUT2D eigenvalue weighted by Crippen LogP contribution is -2.28. The number of carbonyl (C=O) groups excluding carboxylic acids is 2. The summed E-state index contributed by atoms with van der Waals surface area (Å²) in [5, 5.41) is 3.51. The summed E-state index contributed by atoms with van der Waals surface area (Å²) < 4.78 is 0. The van der Waals surface area contributed by atoms with Crippen molar-refractivity contribution in [3.05, 3.63) is 59.1 Å².